The van der Waals surface area contributed by atoms with Crippen LogP contribution in [0, 0.1) is 13.8 Å². The molecule has 0 saturated heterocycles. The summed E-state index contributed by atoms with van der Waals surface area (Å²) in [5, 5.41) is 2.86. The lowest BCUT2D eigenvalue weighted by atomic mass is 10.2. The van der Waals surface area contributed by atoms with Gasteiger partial charge in [-0.2, -0.15) is 0 Å². The van der Waals surface area contributed by atoms with Crippen molar-refractivity contribution in [2.75, 3.05) is 18.0 Å². The van der Waals surface area contributed by atoms with E-state index in [4.69, 9.17) is 0 Å². The molecular formula is C18H24N4O. The summed E-state index contributed by atoms with van der Waals surface area (Å²) < 4.78 is 0. The van der Waals surface area contributed by atoms with E-state index >= 15 is 0 Å². The third-order valence-corrected chi connectivity index (χ3v) is 3.50. The first-order valence-corrected chi connectivity index (χ1v) is 8.03. The second-order valence-electron chi connectivity index (χ2n) is 5.50. The van der Waals surface area contributed by atoms with E-state index in [0.717, 1.165) is 24.5 Å². The molecule has 2 rings (SSSR count). The van der Waals surface area contributed by atoms with Gasteiger partial charge in [-0.15, -0.1) is 0 Å². The number of aromatic nitrogens is 2. The Hall–Kier alpha value is -2.43. The lowest BCUT2D eigenvalue weighted by Crippen LogP contribution is -2.26. The van der Waals surface area contributed by atoms with Gasteiger partial charge in [0.25, 0.3) is 5.91 Å². The number of nitrogens with zero attached hydrogens (tertiary/aromatic N) is 3. The number of hydrogen-bond donors (Lipinski definition) is 1. The smallest absolute Gasteiger partial charge is 0.270 e. The van der Waals surface area contributed by atoms with Gasteiger partial charge in [0.2, 0.25) is 0 Å². The summed E-state index contributed by atoms with van der Waals surface area (Å²) in [6.07, 6.45) is 0.896. The largest absolute Gasteiger partial charge is 0.351 e. The molecule has 0 spiro atoms. The summed E-state index contributed by atoms with van der Waals surface area (Å²) in [6.45, 7) is 9.36. The van der Waals surface area contributed by atoms with Crippen LogP contribution in [0.3, 0.4) is 0 Å². The van der Waals surface area contributed by atoms with Gasteiger partial charge in [-0.3, -0.25) is 4.79 Å². The van der Waals surface area contributed by atoms with E-state index in [2.05, 4.69) is 46.2 Å². The molecule has 0 unspecified atom stereocenters. The number of carbonyl (C=O) groups is 1. The van der Waals surface area contributed by atoms with Gasteiger partial charge in [-0.1, -0.05) is 19.1 Å². The molecule has 1 aromatic heterocycles. The van der Waals surface area contributed by atoms with Crippen LogP contribution in [0.1, 0.15) is 42.1 Å². The van der Waals surface area contributed by atoms with Crippen LogP contribution >= 0.6 is 0 Å². The van der Waals surface area contributed by atoms with Crippen molar-refractivity contribution in [2.24, 2.45) is 0 Å². The first-order chi connectivity index (χ1) is 11.0. The van der Waals surface area contributed by atoms with Crippen molar-refractivity contribution < 1.29 is 4.79 Å². The highest BCUT2D eigenvalue weighted by Crippen LogP contribution is 2.24. The van der Waals surface area contributed by atoms with E-state index in [-0.39, 0.29) is 5.91 Å². The third kappa shape index (κ3) is 4.28. The molecule has 0 saturated carbocycles. The number of benzene rings is 1. The summed E-state index contributed by atoms with van der Waals surface area (Å²) in [5.41, 5.74) is 2.66. The van der Waals surface area contributed by atoms with E-state index in [9.17, 15) is 4.79 Å². The standard InChI is InChI=1S/C18H24N4O/c1-5-10-19-18(23)16-12-17(21-14(4)20-16)22(6-2)15-9-7-8-13(3)11-15/h7-9,11-12H,5-6,10H2,1-4H3,(H,19,23). The molecule has 0 bridgehead atoms. The topological polar surface area (TPSA) is 58.1 Å². The minimum atomic E-state index is -0.154. The minimum Gasteiger partial charge on any atom is -0.351 e. The van der Waals surface area contributed by atoms with E-state index in [1.807, 2.05) is 26.0 Å². The highest BCUT2D eigenvalue weighted by Gasteiger charge is 2.14. The molecule has 1 heterocycles. The van der Waals surface area contributed by atoms with Crippen molar-refractivity contribution in [1.29, 1.82) is 0 Å². The Bertz CT molecular complexity index is 684. The Morgan fingerprint density at radius 3 is 2.61 bits per heavy atom. The molecule has 23 heavy (non-hydrogen) atoms. The SMILES string of the molecule is CCCNC(=O)c1cc(N(CC)c2cccc(C)c2)nc(C)n1. The first-order valence-electron chi connectivity index (χ1n) is 8.03. The fourth-order valence-electron chi connectivity index (χ4n) is 2.41. The van der Waals surface area contributed by atoms with Crippen LogP contribution in [-0.4, -0.2) is 29.0 Å². The molecule has 5 nitrogen and oxygen atoms in total. The lowest BCUT2D eigenvalue weighted by molar-refractivity contribution is 0.0948. The zero-order valence-electron chi connectivity index (χ0n) is 14.3. The zero-order valence-corrected chi connectivity index (χ0v) is 14.3. The summed E-state index contributed by atoms with van der Waals surface area (Å²) in [6, 6.07) is 9.99. The van der Waals surface area contributed by atoms with Crippen molar-refractivity contribution in [3.8, 4) is 0 Å². The molecule has 5 heteroatoms. The molecule has 1 aromatic carbocycles. The van der Waals surface area contributed by atoms with Gasteiger partial charge in [0.05, 0.1) is 0 Å². The molecule has 1 amide bonds. The van der Waals surface area contributed by atoms with E-state index in [1.54, 1.807) is 6.07 Å². The van der Waals surface area contributed by atoms with Crippen LogP contribution in [0.2, 0.25) is 0 Å². The second kappa shape index (κ2) is 7.72. The van der Waals surface area contributed by atoms with E-state index < -0.39 is 0 Å². The Morgan fingerprint density at radius 2 is 1.96 bits per heavy atom. The van der Waals surface area contributed by atoms with Crippen LogP contribution in [0.15, 0.2) is 30.3 Å². The Kier molecular flexibility index (Phi) is 5.68. The Labute approximate surface area is 137 Å². The van der Waals surface area contributed by atoms with Gasteiger partial charge in [-0.25, -0.2) is 9.97 Å². The second-order valence-corrected chi connectivity index (χ2v) is 5.50. The van der Waals surface area contributed by atoms with E-state index in [0.29, 0.717) is 18.1 Å². The predicted octanol–water partition coefficient (Wildman–Crippen LogP) is 3.39. The van der Waals surface area contributed by atoms with Gasteiger partial charge in [0.15, 0.2) is 0 Å². The van der Waals surface area contributed by atoms with Crippen molar-refractivity contribution in [3.05, 3.63) is 47.4 Å². The monoisotopic (exact) mass is 312 g/mol. The Morgan fingerprint density at radius 1 is 1.17 bits per heavy atom. The highest BCUT2D eigenvalue weighted by molar-refractivity contribution is 5.93. The number of amides is 1. The quantitative estimate of drug-likeness (QED) is 0.888. The van der Waals surface area contributed by atoms with E-state index in [1.165, 1.54) is 5.56 Å². The van der Waals surface area contributed by atoms with Gasteiger partial charge >= 0.3 is 0 Å². The minimum absolute atomic E-state index is 0.154. The normalized spacial score (nSPS) is 10.4. The third-order valence-electron chi connectivity index (χ3n) is 3.50. The average molecular weight is 312 g/mol. The van der Waals surface area contributed by atoms with Crippen LogP contribution < -0.4 is 10.2 Å². The summed E-state index contributed by atoms with van der Waals surface area (Å²) in [7, 11) is 0. The highest BCUT2D eigenvalue weighted by atomic mass is 16.1. The van der Waals surface area contributed by atoms with Crippen molar-refractivity contribution in [2.45, 2.75) is 34.1 Å². The van der Waals surface area contributed by atoms with Crippen molar-refractivity contribution in [3.63, 3.8) is 0 Å². The van der Waals surface area contributed by atoms with Crippen molar-refractivity contribution in [1.82, 2.24) is 15.3 Å². The molecule has 0 atom stereocenters. The number of aryl methyl sites for hydroxylation is 2. The number of hydrogen-bond acceptors (Lipinski definition) is 4. The molecular weight excluding hydrogens is 288 g/mol. The molecule has 0 radical (unpaired) electrons. The number of nitrogens with one attached hydrogen (secondary N) is 1. The van der Waals surface area contributed by atoms with Crippen LogP contribution in [-0.2, 0) is 0 Å². The molecule has 0 aliphatic carbocycles. The molecule has 0 aliphatic rings. The number of anilines is 2. The van der Waals surface area contributed by atoms with Gasteiger partial charge in [0.1, 0.15) is 17.3 Å². The summed E-state index contributed by atoms with van der Waals surface area (Å²) in [4.78, 5) is 23.0. The van der Waals surface area contributed by atoms with Crippen LogP contribution in [0.5, 0.6) is 0 Å². The molecule has 1 N–H and O–H groups in total. The lowest BCUT2D eigenvalue weighted by Gasteiger charge is -2.23. The fourth-order valence-corrected chi connectivity index (χ4v) is 2.41. The zero-order chi connectivity index (χ0) is 16.8. The van der Waals surface area contributed by atoms with Gasteiger partial charge in [0, 0.05) is 24.8 Å². The summed E-state index contributed by atoms with van der Waals surface area (Å²) >= 11 is 0. The van der Waals surface area contributed by atoms with Crippen LogP contribution in [0.4, 0.5) is 11.5 Å². The maximum absolute atomic E-state index is 12.2. The molecule has 0 fully saturated rings. The van der Waals surface area contributed by atoms with Gasteiger partial charge < -0.3 is 10.2 Å². The summed E-state index contributed by atoms with van der Waals surface area (Å²) in [5.74, 6) is 1.18. The predicted molar refractivity (Wildman–Crippen MR) is 93.3 cm³/mol. The average Bonchev–Trinajstić information content (AvgIpc) is 2.53. The Balaban J connectivity index is 2.37. The van der Waals surface area contributed by atoms with Crippen molar-refractivity contribution >= 4 is 17.4 Å². The molecule has 0 aliphatic heterocycles. The maximum Gasteiger partial charge on any atom is 0.270 e. The fraction of sp³-hybridized carbons (Fsp3) is 0.389. The molecule has 122 valence electrons. The van der Waals surface area contributed by atoms with Gasteiger partial charge in [-0.05, 0) is 44.9 Å². The molecule has 2 aromatic rings. The maximum atomic E-state index is 12.2. The number of rotatable bonds is 6. The first kappa shape index (κ1) is 16.9. The number of carbonyl (C=O) groups excluding carboxylic acids is 1. The van der Waals surface area contributed by atoms with Crippen LogP contribution in [0.25, 0.3) is 0 Å².